The van der Waals surface area contributed by atoms with E-state index in [1.54, 1.807) is 6.92 Å². The molecule has 0 saturated heterocycles. The molecule has 1 heterocycles. The van der Waals surface area contributed by atoms with E-state index in [0.717, 1.165) is 11.8 Å². The highest BCUT2D eigenvalue weighted by molar-refractivity contribution is 8.00. The number of urea groups is 1. The lowest BCUT2D eigenvalue weighted by Crippen LogP contribution is -2.39. The Morgan fingerprint density at radius 3 is 2.74 bits per heavy atom. The zero-order valence-corrected chi connectivity index (χ0v) is 11.0. The number of carbonyl (C=O) groups excluding carboxylic acids is 3. The van der Waals surface area contributed by atoms with E-state index < -0.39 is 23.2 Å². The summed E-state index contributed by atoms with van der Waals surface area (Å²) >= 11 is 0.882. The van der Waals surface area contributed by atoms with Crippen LogP contribution in [-0.2, 0) is 9.53 Å². The van der Waals surface area contributed by atoms with Gasteiger partial charge in [-0.3, -0.25) is 10.1 Å². The molecule has 19 heavy (non-hydrogen) atoms. The second-order valence-corrected chi connectivity index (χ2v) is 4.50. The van der Waals surface area contributed by atoms with Gasteiger partial charge in [0.15, 0.2) is 0 Å². The maximum atomic E-state index is 11.4. The quantitative estimate of drug-likeness (QED) is 0.567. The predicted molar refractivity (Wildman–Crippen MR) is 63.3 cm³/mol. The molecule has 3 N–H and O–H groups in total. The number of hydrogen-bond donors (Lipinski definition) is 2. The van der Waals surface area contributed by atoms with Crippen LogP contribution in [0.4, 0.5) is 4.79 Å². The summed E-state index contributed by atoms with van der Waals surface area (Å²) in [6.07, 6.45) is 0. The molecule has 0 bridgehead atoms. The molecule has 1 atom stereocenters. The number of carbonyl (C=O) groups is 3. The molecule has 0 aliphatic rings. The van der Waals surface area contributed by atoms with Gasteiger partial charge in [-0.15, -0.1) is 5.10 Å². The number of nitrogens with one attached hydrogen (secondary N) is 1. The van der Waals surface area contributed by atoms with Crippen LogP contribution in [0.2, 0.25) is 0 Å². The normalized spacial score (nSPS) is 11.7. The Morgan fingerprint density at radius 2 is 2.16 bits per heavy atom. The molecule has 1 aromatic heterocycles. The van der Waals surface area contributed by atoms with Crippen molar-refractivity contribution in [1.82, 2.24) is 15.5 Å². The minimum absolute atomic E-state index is 0.00942. The number of amides is 3. The molecule has 104 valence electrons. The molecule has 0 spiro atoms. The van der Waals surface area contributed by atoms with E-state index in [-0.39, 0.29) is 17.7 Å². The van der Waals surface area contributed by atoms with Crippen molar-refractivity contribution in [2.75, 3.05) is 6.61 Å². The van der Waals surface area contributed by atoms with Crippen molar-refractivity contribution in [2.24, 2.45) is 5.73 Å². The van der Waals surface area contributed by atoms with Crippen LogP contribution in [0.3, 0.4) is 0 Å². The van der Waals surface area contributed by atoms with Crippen molar-refractivity contribution in [1.29, 1.82) is 0 Å². The number of nitrogens with zero attached hydrogens (tertiary/aromatic N) is 2. The fourth-order valence-corrected chi connectivity index (χ4v) is 1.64. The summed E-state index contributed by atoms with van der Waals surface area (Å²) in [5.41, 5.74) is 4.81. The fraction of sp³-hybridized carbons (Fsp3) is 0.444. The summed E-state index contributed by atoms with van der Waals surface area (Å²) in [5, 5.41) is 8.27. The Kier molecular flexibility index (Phi) is 5.30. The topological polar surface area (TPSA) is 137 Å². The lowest BCUT2D eigenvalue weighted by atomic mass is 10.4. The molecule has 0 radical (unpaired) electrons. The zero-order valence-electron chi connectivity index (χ0n) is 10.2. The molecular weight excluding hydrogens is 276 g/mol. The van der Waals surface area contributed by atoms with Crippen LogP contribution < -0.4 is 11.1 Å². The molecule has 10 heteroatoms. The Morgan fingerprint density at radius 1 is 1.47 bits per heavy atom. The van der Waals surface area contributed by atoms with E-state index in [9.17, 15) is 14.4 Å². The van der Waals surface area contributed by atoms with E-state index in [2.05, 4.69) is 14.9 Å². The van der Waals surface area contributed by atoms with Gasteiger partial charge in [-0.1, -0.05) is 16.9 Å². The Hall–Kier alpha value is -2.10. The highest BCUT2D eigenvalue weighted by Gasteiger charge is 2.21. The molecule has 0 aliphatic carbocycles. The third-order valence-electron chi connectivity index (χ3n) is 1.75. The van der Waals surface area contributed by atoms with Crippen LogP contribution in [-0.4, -0.2) is 40.0 Å². The Balaban J connectivity index is 2.60. The first kappa shape index (κ1) is 15.0. The zero-order chi connectivity index (χ0) is 14.4. The number of rotatable bonds is 5. The van der Waals surface area contributed by atoms with Crippen molar-refractivity contribution in [3.8, 4) is 0 Å². The molecular formula is C9H12N4O5S. The van der Waals surface area contributed by atoms with Crippen molar-refractivity contribution < 1.29 is 23.5 Å². The lowest BCUT2D eigenvalue weighted by Gasteiger charge is -2.06. The average Bonchev–Trinajstić information content (AvgIpc) is 2.77. The summed E-state index contributed by atoms with van der Waals surface area (Å²) in [7, 11) is 0. The molecule has 1 unspecified atom stereocenters. The lowest BCUT2D eigenvalue weighted by molar-refractivity contribution is -0.119. The molecule has 0 saturated carbocycles. The first-order chi connectivity index (χ1) is 8.93. The second kappa shape index (κ2) is 6.73. The van der Waals surface area contributed by atoms with Crippen LogP contribution >= 0.6 is 11.8 Å². The second-order valence-electron chi connectivity index (χ2n) is 3.21. The Bertz CT molecular complexity index is 489. The highest BCUT2D eigenvalue weighted by Crippen LogP contribution is 2.21. The summed E-state index contributed by atoms with van der Waals surface area (Å²) in [5.74, 6) is -1.64. The van der Waals surface area contributed by atoms with Crippen LogP contribution in [0.5, 0.6) is 0 Å². The first-order valence-electron chi connectivity index (χ1n) is 5.21. The van der Waals surface area contributed by atoms with Gasteiger partial charge in [0.05, 0.1) is 11.9 Å². The maximum absolute atomic E-state index is 11.4. The number of thioether (sulfide) groups is 1. The fourth-order valence-electron chi connectivity index (χ4n) is 0.961. The molecule has 1 aromatic rings. The Labute approximate surface area is 112 Å². The maximum Gasteiger partial charge on any atom is 0.396 e. The van der Waals surface area contributed by atoms with Gasteiger partial charge in [0.25, 0.3) is 5.22 Å². The monoisotopic (exact) mass is 288 g/mol. The number of primary amides is 1. The van der Waals surface area contributed by atoms with Crippen molar-refractivity contribution >= 4 is 29.7 Å². The van der Waals surface area contributed by atoms with Gasteiger partial charge in [0, 0.05) is 0 Å². The molecule has 3 amide bonds. The van der Waals surface area contributed by atoms with Gasteiger partial charge in [0.1, 0.15) is 0 Å². The van der Waals surface area contributed by atoms with Gasteiger partial charge in [-0.05, 0) is 13.8 Å². The summed E-state index contributed by atoms with van der Waals surface area (Å²) in [6, 6.07) is -0.949. The highest BCUT2D eigenvalue weighted by atomic mass is 32.2. The van der Waals surface area contributed by atoms with Crippen molar-refractivity contribution in [3.05, 3.63) is 5.89 Å². The largest absolute Gasteiger partial charge is 0.459 e. The standard InChI is InChI=1S/C9H12N4O5S/c1-3-17-7(15)6-12-13-9(18-6)19-4(2)5(14)11-8(10)16/h4H,3H2,1-2H3,(H3,10,11,14,16). The number of aromatic nitrogens is 2. The number of nitrogens with two attached hydrogens (primary N) is 1. The molecule has 0 aromatic carbocycles. The SMILES string of the molecule is CCOC(=O)c1nnc(SC(C)C(=O)NC(N)=O)o1. The third kappa shape index (κ3) is 4.58. The third-order valence-corrected chi connectivity index (χ3v) is 2.68. The van der Waals surface area contributed by atoms with Crippen LogP contribution in [0, 0.1) is 0 Å². The van der Waals surface area contributed by atoms with E-state index in [1.807, 2.05) is 5.32 Å². The van der Waals surface area contributed by atoms with E-state index in [1.165, 1.54) is 6.92 Å². The first-order valence-corrected chi connectivity index (χ1v) is 6.09. The van der Waals surface area contributed by atoms with Gasteiger partial charge in [-0.2, -0.15) is 0 Å². The van der Waals surface area contributed by atoms with Crippen LogP contribution in [0.25, 0.3) is 0 Å². The number of imide groups is 1. The van der Waals surface area contributed by atoms with Gasteiger partial charge >= 0.3 is 17.9 Å². The molecule has 9 nitrogen and oxygen atoms in total. The van der Waals surface area contributed by atoms with E-state index in [4.69, 9.17) is 10.2 Å². The summed E-state index contributed by atoms with van der Waals surface area (Å²) < 4.78 is 9.66. The van der Waals surface area contributed by atoms with E-state index >= 15 is 0 Å². The molecule has 1 rings (SSSR count). The molecule has 0 fully saturated rings. The van der Waals surface area contributed by atoms with E-state index in [0.29, 0.717) is 0 Å². The van der Waals surface area contributed by atoms with Crippen molar-refractivity contribution in [2.45, 2.75) is 24.3 Å². The summed E-state index contributed by atoms with van der Waals surface area (Å²) in [4.78, 5) is 33.1. The number of hydrogen-bond acceptors (Lipinski definition) is 8. The molecule has 0 aliphatic heterocycles. The van der Waals surface area contributed by atoms with Crippen molar-refractivity contribution in [3.63, 3.8) is 0 Å². The average molecular weight is 288 g/mol. The predicted octanol–water partition coefficient (Wildman–Crippen LogP) is -0.0782. The number of esters is 1. The van der Waals surface area contributed by atoms with Gasteiger partial charge in [-0.25, -0.2) is 9.59 Å². The number of ether oxygens (including phenoxy) is 1. The van der Waals surface area contributed by atoms with Crippen LogP contribution in [0.15, 0.2) is 9.64 Å². The minimum atomic E-state index is -0.949. The minimum Gasteiger partial charge on any atom is -0.459 e. The van der Waals surface area contributed by atoms with Gasteiger partial charge in [0.2, 0.25) is 5.91 Å². The smallest absolute Gasteiger partial charge is 0.396 e. The van der Waals surface area contributed by atoms with Gasteiger partial charge < -0.3 is 14.9 Å². The van der Waals surface area contributed by atoms with Crippen LogP contribution in [0.1, 0.15) is 24.5 Å². The summed E-state index contributed by atoms with van der Waals surface area (Å²) in [6.45, 7) is 3.33.